The lowest BCUT2D eigenvalue weighted by Gasteiger charge is -2.32. The molecular weight excluding hydrogens is 188 g/mol. The second kappa shape index (κ2) is 5.83. The van der Waals surface area contributed by atoms with Crippen LogP contribution in [-0.2, 0) is 5.11 Å². The van der Waals surface area contributed by atoms with Gasteiger partial charge >= 0.3 is 0 Å². The van der Waals surface area contributed by atoms with Crippen LogP contribution >= 0.6 is 0 Å². The fourth-order valence-corrected chi connectivity index (χ4v) is 2.53. The van der Waals surface area contributed by atoms with Gasteiger partial charge in [-0.1, -0.05) is 0 Å². The number of nitrogens with one attached hydrogen (secondary N) is 1. The molecule has 0 unspecified atom stereocenters. The SMILES string of the molecule is [O]CC1CCN(CCCC2CNC2)CC1. The van der Waals surface area contributed by atoms with Gasteiger partial charge in [0.1, 0.15) is 0 Å². The second-order valence-corrected chi connectivity index (χ2v) is 5.12. The Bertz CT molecular complexity index is 174. The molecule has 2 fully saturated rings. The summed E-state index contributed by atoms with van der Waals surface area (Å²) in [5, 5.41) is 14.0. The normalized spacial score (nSPS) is 25.4. The molecule has 0 spiro atoms. The minimum atomic E-state index is 0.140. The van der Waals surface area contributed by atoms with E-state index in [4.69, 9.17) is 0 Å². The topological polar surface area (TPSA) is 35.2 Å². The van der Waals surface area contributed by atoms with Crippen molar-refractivity contribution < 1.29 is 5.11 Å². The van der Waals surface area contributed by atoms with Gasteiger partial charge in [-0.05, 0) is 70.2 Å². The molecule has 2 heterocycles. The Morgan fingerprint density at radius 1 is 1.13 bits per heavy atom. The number of hydrogen-bond donors (Lipinski definition) is 1. The first-order valence-electron chi connectivity index (χ1n) is 6.39. The Balaban J connectivity index is 1.52. The summed E-state index contributed by atoms with van der Waals surface area (Å²) in [7, 11) is 0. The number of likely N-dealkylation sites (tertiary alicyclic amines) is 1. The van der Waals surface area contributed by atoms with Gasteiger partial charge in [-0.15, -0.1) is 0 Å². The van der Waals surface area contributed by atoms with Crippen molar-refractivity contribution in [2.75, 3.05) is 39.3 Å². The van der Waals surface area contributed by atoms with Crippen molar-refractivity contribution in [2.45, 2.75) is 25.7 Å². The van der Waals surface area contributed by atoms with E-state index in [0.717, 1.165) is 31.8 Å². The van der Waals surface area contributed by atoms with E-state index in [1.54, 1.807) is 0 Å². The number of hydrogen-bond acceptors (Lipinski definition) is 2. The van der Waals surface area contributed by atoms with E-state index in [2.05, 4.69) is 10.2 Å². The molecule has 1 N–H and O–H groups in total. The predicted octanol–water partition coefficient (Wildman–Crippen LogP) is 1.13. The largest absolute Gasteiger partial charge is 0.316 e. The predicted molar refractivity (Wildman–Crippen MR) is 60.3 cm³/mol. The van der Waals surface area contributed by atoms with Crippen LogP contribution in [0.5, 0.6) is 0 Å². The highest BCUT2D eigenvalue weighted by Gasteiger charge is 2.20. The van der Waals surface area contributed by atoms with Crippen LogP contribution in [0.4, 0.5) is 0 Å². The van der Waals surface area contributed by atoms with Crippen LogP contribution in [0.1, 0.15) is 25.7 Å². The van der Waals surface area contributed by atoms with Crippen LogP contribution < -0.4 is 5.32 Å². The molecule has 2 rings (SSSR count). The first kappa shape index (κ1) is 11.4. The summed E-state index contributed by atoms with van der Waals surface area (Å²) in [6, 6.07) is 0. The van der Waals surface area contributed by atoms with Gasteiger partial charge in [-0.25, -0.2) is 5.11 Å². The zero-order valence-electron chi connectivity index (χ0n) is 9.58. The molecule has 0 atom stereocenters. The zero-order valence-corrected chi connectivity index (χ0v) is 9.58. The molecule has 2 saturated heterocycles. The van der Waals surface area contributed by atoms with Crippen LogP contribution in [0.15, 0.2) is 0 Å². The molecule has 2 aliphatic heterocycles. The molecule has 0 aromatic heterocycles. The average molecular weight is 211 g/mol. The van der Waals surface area contributed by atoms with E-state index < -0.39 is 0 Å². The second-order valence-electron chi connectivity index (χ2n) is 5.12. The van der Waals surface area contributed by atoms with E-state index in [-0.39, 0.29) is 6.61 Å². The maximum atomic E-state index is 10.7. The van der Waals surface area contributed by atoms with E-state index in [1.807, 2.05) is 0 Å². The Morgan fingerprint density at radius 3 is 2.40 bits per heavy atom. The van der Waals surface area contributed by atoms with Crippen LogP contribution in [0.25, 0.3) is 0 Å². The first-order valence-corrected chi connectivity index (χ1v) is 6.39. The van der Waals surface area contributed by atoms with Crippen LogP contribution in [0.3, 0.4) is 0 Å². The lowest BCUT2D eigenvalue weighted by molar-refractivity contribution is 0.0899. The summed E-state index contributed by atoms with van der Waals surface area (Å²) in [6.07, 6.45) is 4.99. The molecule has 3 heteroatoms. The number of rotatable bonds is 5. The van der Waals surface area contributed by atoms with Gasteiger partial charge in [0.15, 0.2) is 0 Å². The summed E-state index contributed by atoms with van der Waals surface area (Å²) in [5.41, 5.74) is 0. The lowest BCUT2D eigenvalue weighted by Crippen LogP contribution is -2.42. The van der Waals surface area contributed by atoms with Crippen molar-refractivity contribution in [3.05, 3.63) is 0 Å². The fraction of sp³-hybridized carbons (Fsp3) is 1.00. The molecule has 0 saturated carbocycles. The van der Waals surface area contributed by atoms with Gasteiger partial charge in [0, 0.05) is 0 Å². The minimum Gasteiger partial charge on any atom is -0.316 e. The molecule has 0 aromatic carbocycles. The van der Waals surface area contributed by atoms with Crippen molar-refractivity contribution >= 4 is 0 Å². The van der Waals surface area contributed by atoms with Crippen molar-refractivity contribution in [1.82, 2.24) is 10.2 Å². The van der Waals surface area contributed by atoms with Crippen molar-refractivity contribution in [3.63, 3.8) is 0 Å². The van der Waals surface area contributed by atoms with Gasteiger partial charge in [-0.3, -0.25) is 0 Å². The minimum absolute atomic E-state index is 0.140. The van der Waals surface area contributed by atoms with Crippen molar-refractivity contribution in [3.8, 4) is 0 Å². The highest BCUT2D eigenvalue weighted by molar-refractivity contribution is 4.76. The third kappa shape index (κ3) is 3.44. The summed E-state index contributed by atoms with van der Waals surface area (Å²) in [5.74, 6) is 1.42. The Hall–Kier alpha value is -0.120. The van der Waals surface area contributed by atoms with Crippen LogP contribution in [0, 0.1) is 11.8 Å². The van der Waals surface area contributed by atoms with E-state index in [0.29, 0.717) is 5.92 Å². The zero-order chi connectivity index (χ0) is 10.5. The molecule has 87 valence electrons. The number of piperidine rings is 1. The van der Waals surface area contributed by atoms with Gasteiger partial charge in [-0.2, -0.15) is 0 Å². The number of nitrogens with zero attached hydrogens (tertiary/aromatic N) is 1. The van der Waals surface area contributed by atoms with Gasteiger partial charge in [0.2, 0.25) is 0 Å². The highest BCUT2D eigenvalue weighted by Crippen LogP contribution is 2.18. The van der Waals surface area contributed by atoms with Crippen LogP contribution in [0.2, 0.25) is 0 Å². The molecule has 1 radical (unpaired) electrons. The Labute approximate surface area is 92.8 Å². The van der Waals surface area contributed by atoms with Gasteiger partial charge in [0.05, 0.1) is 6.61 Å². The van der Waals surface area contributed by atoms with Gasteiger partial charge in [0.25, 0.3) is 0 Å². The molecule has 0 amide bonds. The third-order valence-corrected chi connectivity index (χ3v) is 3.90. The summed E-state index contributed by atoms with van der Waals surface area (Å²) in [6.45, 7) is 6.19. The van der Waals surface area contributed by atoms with Crippen molar-refractivity contribution in [1.29, 1.82) is 0 Å². The summed E-state index contributed by atoms with van der Waals surface area (Å²) >= 11 is 0. The molecule has 2 aliphatic rings. The molecule has 15 heavy (non-hydrogen) atoms. The Kier molecular flexibility index (Phi) is 4.42. The van der Waals surface area contributed by atoms with E-state index >= 15 is 0 Å². The molecule has 3 nitrogen and oxygen atoms in total. The van der Waals surface area contributed by atoms with E-state index in [9.17, 15) is 5.11 Å². The third-order valence-electron chi connectivity index (χ3n) is 3.90. The monoisotopic (exact) mass is 211 g/mol. The van der Waals surface area contributed by atoms with E-state index in [1.165, 1.54) is 32.5 Å². The quantitative estimate of drug-likeness (QED) is 0.740. The molecule has 0 aromatic rings. The van der Waals surface area contributed by atoms with Crippen molar-refractivity contribution in [2.24, 2.45) is 11.8 Å². The smallest absolute Gasteiger partial charge is 0.0851 e. The summed E-state index contributed by atoms with van der Waals surface area (Å²) < 4.78 is 0. The summed E-state index contributed by atoms with van der Waals surface area (Å²) in [4.78, 5) is 2.54. The van der Waals surface area contributed by atoms with Crippen LogP contribution in [-0.4, -0.2) is 44.2 Å². The fourth-order valence-electron chi connectivity index (χ4n) is 2.53. The Morgan fingerprint density at radius 2 is 1.87 bits per heavy atom. The molecule has 0 aliphatic carbocycles. The maximum Gasteiger partial charge on any atom is 0.0851 e. The first-order chi connectivity index (χ1) is 7.38. The average Bonchev–Trinajstić information content (AvgIpc) is 2.23. The highest BCUT2D eigenvalue weighted by atomic mass is 16.3. The molecule has 0 bridgehead atoms. The lowest BCUT2D eigenvalue weighted by atomic mass is 9.95. The van der Waals surface area contributed by atoms with Gasteiger partial charge < -0.3 is 10.2 Å². The standard InChI is InChI=1S/C12H23N2O/c15-10-11-3-6-14(7-4-11)5-1-2-12-8-13-9-12/h11-13H,1-10H2. The maximum absolute atomic E-state index is 10.7. The molecular formula is C12H23N2O.